The number of nitrogens with one attached hydrogen (secondary N) is 2. The molecule has 16 heteroatoms. The second kappa shape index (κ2) is 22.1. The normalized spacial score (nSPS) is 24.1. The van der Waals surface area contributed by atoms with Crippen LogP contribution in [0, 0.1) is 24.2 Å². The molecule has 5 aromatic rings. The van der Waals surface area contributed by atoms with Gasteiger partial charge < -0.3 is 30.3 Å². The summed E-state index contributed by atoms with van der Waals surface area (Å²) in [4.78, 5) is 73.7. The lowest BCUT2D eigenvalue weighted by molar-refractivity contribution is -0.145. The lowest BCUT2D eigenvalue weighted by Crippen LogP contribution is -2.59. The van der Waals surface area contributed by atoms with Gasteiger partial charge in [0.15, 0.2) is 0 Å². The van der Waals surface area contributed by atoms with Gasteiger partial charge in [-0.1, -0.05) is 82.5 Å². The number of amides is 3. The molecule has 0 radical (unpaired) electrons. The second-order valence-corrected chi connectivity index (χ2v) is 25.7. The van der Waals surface area contributed by atoms with Gasteiger partial charge in [0, 0.05) is 49.5 Å². The van der Waals surface area contributed by atoms with E-state index in [1.54, 1.807) is 11.3 Å². The van der Waals surface area contributed by atoms with Gasteiger partial charge in [-0.15, -0.1) is 11.3 Å². The molecule has 11 rings (SSSR count). The summed E-state index contributed by atoms with van der Waals surface area (Å²) >= 11 is 5.25. The highest BCUT2D eigenvalue weighted by molar-refractivity contribution is 9.10. The lowest BCUT2D eigenvalue weighted by atomic mass is 9.69. The fraction of sp³-hybridized carbons (Fsp3) is 0.567. The maximum absolute atomic E-state index is 14.7. The number of fused-ring (bicyclic) bond motifs is 7. The Bertz CT molecular complexity index is 3000. The minimum absolute atomic E-state index is 0.0265. The summed E-state index contributed by atoms with van der Waals surface area (Å²) in [6.45, 7) is 14.3. The fourth-order valence-corrected chi connectivity index (χ4v) is 15.1. The number of hydrogen-bond acceptors (Lipinski definition) is 11. The first-order valence-electron chi connectivity index (χ1n) is 28.1. The van der Waals surface area contributed by atoms with Crippen LogP contribution in [0.5, 0.6) is 0 Å². The average molecular weight is 1120 g/mol. The van der Waals surface area contributed by atoms with Gasteiger partial charge in [0.05, 0.1) is 63.4 Å². The Morgan fingerprint density at radius 3 is 2.33 bits per heavy atom. The monoisotopic (exact) mass is 1110 g/mol. The van der Waals surface area contributed by atoms with Gasteiger partial charge in [0.2, 0.25) is 17.7 Å². The van der Waals surface area contributed by atoms with Gasteiger partial charge in [-0.25, -0.2) is 4.98 Å². The third-order valence-corrected chi connectivity index (χ3v) is 19.7. The first-order valence-corrected chi connectivity index (χ1v) is 29.8. The molecule has 76 heavy (non-hydrogen) atoms. The number of piperidine rings is 1. The Morgan fingerprint density at radius 1 is 0.895 bits per heavy atom. The summed E-state index contributed by atoms with van der Waals surface area (Å²) in [5, 5.41) is 18.2. The molecule has 5 fully saturated rings. The molecule has 0 bridgehead atoms. The number of carbonyl (C=O) groups excluding carboxylic acids is 3. The van der Waals surface area contributed by atoms with E-state index >= 15 is 0 Å². The van der Waals surface area contributed by atoms with Crippen LogP contribution in [0.3, 0.4) is 0 Å². The van der Waals surface area contributed by atoms with Crippen LogP contribution in [0.4, 0.5) is 0 Å². The number of thiazole rings is 1. The summed E-state index contributed by atoms with van der Waals surface area (Å²) in [6, 6.07) is 19.3. The number of rotatable bonds is 12. The molecule has 4 aliphatic heterocycles. The number of likely N-dealkylation sites (tertiary alicyclic amines) is 2. The van der Waals surface area contributed by atoms with Crippen LogP contribution in [0.1, 0.15) is 138 Å². The van der Waals surface area contributed by atoms with E-state index in [2.05, 4.69) is 94.4 Å². The maximum Gasteiger partial charge on any atom is 0.281 e. The van der Waals surface area contributed by atoms with Crippen LogP contribution in [0.15, 0.2) is 75.4 Å². The maximum atomic E-state index is 14.7. The van der Waals surface area contributed by atoms with Crippen LogP contribution in [0.25, 0.3) is 27.0 Å². The molecular weight excluding hydrogens is 1040 g/mol. The molecule has 3 amide bonds. The minimum Gasteiger partial charge on any atom is -0.391 e. The molecule has 3 saturated heterocycles. The standard InChI is InChI=1S/C60H75BrN8O6S/c1-37-52(76-36-62-37)41-17-15-40(16-18-41)47(35-67-27-29-75-30-28-67)63-55(72)50-32-44(70)34-68(50)57(74)53(59(2,3)4)64-54(71)42-13-11-38(12-14-42)33-66-25-21-39(22-26-66)43-19-20-48-45(31-43)60(23-6-5-7-24-60)58-65-56(73)51-46(61)9-8-10-49(51)69(48)58/h8-10,15-20,31,36,38-39,42,44,47,50,53,70H,5-7,11-14,21-30,32-35H2,1-4H3,(H,63,72)(H,64,71)/t38?,42?,44-,47+,50+,53-/m1/s1. The molecule has 14 nitrogen and oxygen atoms in total. The van der Waals surface area contributed by atoms with E-state index in [1.165, 1.54) is 28.1 Å². The lowest BCUT2D eigenvalue weighted by Gasteiger charge is -2.38. The number of aromatic nitrogens is 3. The summed E-state index contributed by atoms with van der Waals surface area (Å²) in [6.07, 6.45) is 10.4. The molecule has 6 heterocycles. The van der Waals surface area contributed by atoms with E-state index in [1.807, 2.05) is 45.3 Å². The van der Waals surface area contributed by atoms with E-state index in [4.69, 9.17) is 9.72 Å². The smallest absolute Gasteiger partial charge is 0.281 e. The third kappa shape index (κ3) is 10.6. The van der Waals surface area contributed by atoms with Gasteiger partial charge >= 0.3 is 0 Å². The van der Waals surface area contributed by atoms with Crippen molar-refractivity contribution < 1.29 is 24.2 Å². The Balaban J connectivity index is 0.698. The zero-order valence-electron chi connectivity index (χ0n) is 44.7. The molecule has 4 atom stereocenters. The number of halogens is 1. The van der Waals surface area contributed by atoms with Gasteiger partial charge in [-0.05, 0) is 145 Å². The fourth-order valence-electron chi connectivity index (χ4n) is 13.7. The van der Waals surface area contributed by atoms with Crippen molar-refractivity contribution >= 4 is 55.9 Å². The molecule has 2 aromatic heterocycles. The number of aryl methyl sites for hydroxylation is 1. The summed E-state index contributed by atoms with van der Waals surface area (Å²) in [7, 11) is 0. The predicted molar refractivity (Wildman–Crippen MR) is 301 cm³/mol. The first-order chi connectivity index (χ1) is 36.6. The third-order valence-electron chi connectivity index (χ3n) is 18.0. The second-order valence-electron chi connectivity index (χ2n) is 24.0. The van der Waals surface area contributed by atoms with Crippen molar-refractivity contribution in [2.24, 2.45) is 17.3 Å². The molecular formula is C60H75BrN8O6S. The zero-order valence-corrected chi connectivity index (χ0v) is 47.1. The highest BCUT2D eigenvalue weighted by Gasteiger charge is 2.48. The number of aliphatic hydroxyl groups is 1. The highest BCUT2D eigenvalue weighted by atomic mass is 79.9. The van der Waals surface area contributed by atoms with Gasteiger partial charge in [-0.3, -0.25) is 28.6 Å². The topological polar surface area (TPSA) is 162 Å². The number of morpholine rings is 1. The van der Waals surface area contributed by atoms with Crippen LogP contribution >= 0.6 is 27.3 Å². The van der Waals surface area contributed by atoms with Crippen molar-refractivity contribution in [3.8, 4) is 16.1 Å². The molecule has 2 saturated carbocycles. The molecule has 3 aromatic carbocycles. The van der Waals surface area contributed by atoms with E-state index in [9.17, 15) is 24.3 Å². The molecule has 6 aliphatic rings. The van der Waals surface area contributed by atoms with Crippen LogP contribution < -0.4 is 16.2 Å². The van der Waals surface area contributed by atoms with Crippen LogP contribution in [0.2, 0.25) is 0 Å². The molecule has 404 valence electrons. The predicted octanol–water partition coefficient (Wildman–Crippen LogP) is 8.81. The molecule has 3 N–H and O–H groups in total. The van der Waals surface area contributed by atoms with E-state index in [-0.39, 0.29) is 53.6 Å². The van der Waals surface area contributed by atoms with Gasteiger partial charge in [0.25, 0.3) is 5.56 Å². The van der Waals surface area contributed by atoms with E-state index < -0.39 is 23.6 Å². The Hall–Kier alpha value is -4.84. The van der Waals surface area contributed by atoms with Crippen molar-refractivity contribution in [1.29, 1.82) is 0 Å². The van der Waals surface area contributed by atoms with Crippen molar-refractivity contribution in [1.82, 2.24) is 39.9 Å². The number of hydrogen-bond donors (Lipinski definition) is 3. The Morgan fingerprint density at radius 2 is 1.63 bits per heavy atom. The largest absolute Gasteiger partial charge is 0.391 e. The number of ether oxygens (including phenoxy) is 1. The quantitative estimate of drug-likeness (QED) is 0.110. The zero-order chi connectivity index (χ0) is 52.9. The Kier molecular flexibility index (Phi) is 15.5. The Labute approximate surface area is 459 Å². The number of nitrogens with zero attached hydrogens (tertiary/aromatic N) is 6. The summed E-state index contributed by atoms with van der Waals surface area (Å²) in [5.41, 5.74) is 8.66. The summed E-state index contributed by atoms with van der Waals surface area (Å²) in [5.74, 6) is 0.953. The van der Waals surface area contributed by atoms with Crippen LogP contribution in [-0.4, -0.2) is 129 Å². The first kappa shape index (κ1) is 53.2. The summed E-state index contributed by atoms with van der Waals surface area (Å²) < 4.78 is 8.69. The molecule has 1 spiro atoms. The van der Waals surface area contributed by atoms with Crippen molar-refractivity contribution in [2.75, 3.05) is 59.0 Å². The molecule has 2 aliphatic carbocycles. The van der Waals surface area contributed by atoms with E-state index in [0.29, 0.717) is 37.0 Å². The van der Waals surface area contributed by atoms with Crippen molar-refractivity contribution in [3.63, 3.8) is 0 Å². The van der Waals surface area contributed by atoms with Crippen LogP contribution in [-0.2, 0) is 24.5 Å². The van der Waals surface area contributed by atoms with Gasteiger partial charge in [0.1, 0.15) is 17.9 Å². The average Bonchev–Trinajstić information content (AvgIpc) is 4.26. The molecule has 0 unspecified atom stereocenters. The highest BCUT2D eigenvalue weighted by Crippen LogP contribution is 2.52. The number of benzene rings is 3. The SMILES string of the molecule is Cc1ncsc1-c1ccc([C@H](CN2CCOCC2)NC(=O)[C@@H]2C[C@@H](O)CN2C(=O)[C@@H](NC(=O)C2CCC(CN3CCC(c4ccc5c(c4)C4(CCCCC4)c4nc(=O)c6c(Br)cccc6n4-5)CC3)CC2)C(C)(C)C)cc1. The van der Waals surface area contributed by atoms with Crippen molar-refractivity contribution in [3.05, 3.63) is 109 Å². The van der Waals surface area contributed by atoms with Crippen molar-refractivity contribution in [2.45, 2.75) is 140 Å². The van der Waals surface area contributed by atoms with E-state index in [0.717, 1.165) is 134 Å². The number of β-amino-alcohol motifs (C(OH)–C–C–N with tert-alkyl or cyclic N) is 1. The number of aliphatic hydroxyl groups excluding tert-OH is 1. The number of carbonyl (C=O) groups is 3. The minimum atomic E-state index is -0.883. The van der Waals surface area contributed by atoms with Gasteiger partial charge in [-0.2, -0.15) is 4.98 Å².